The molecule has 1 unspecified atom stereocenters. The number of oxazole rings is 1. The van der Waals surface area contributed by atoms with Crippen molar-refractivity contribution in [1.82, 2.24) is 4.98 Å². The molecule has 7 heteroatoms. The molecule has 0 aliphatic rings. The molecule has 0 spiro atoms. The first-order valence-corrected chi connectivity index (χ1v) is 7.07. The van der Waals surface area contributed by atoms with E-state index in [0.717, 1.165) is 6.26 Å². The zero-order valence-corrected chi connectivity index (χ0v) is 10.6. The third-order valence-electron chi connectivity index (χ3n) is 2.64. The van der Waals surface area contributed by atoms with Gasteiger partial charge in [0.05, 0.1) is 5.56 Å². The monoisotopic (exact) mass is 269 g/mol. The summed E-state index contributed by atoms with van der Waals surface area (Å²) in [4.78, 5) is 14.8. The fourth-order valence-corrected chi connectivity index (χ4v) is 1.90. The van der Waals surface area contributed by atoms with Gasteiger partial charge < -0.3 is 9.52 Å². The van der Waals surface area contributed by atoms with E-state index in [1.807, 2.05) is 0 Å². The van der Waals surface area contributed by atoms with Crippen molar-refractivity contribution in [2.45, 2.75) is 12.2 Å². The summed E-state index contributed by atoms with van der Waals surface area (Å²) < 4.78 is 28.1. The molecular weight excluding hydrogens is 258 g/mol. The predicted octanol–water partition coefficient (Wildman–Crippen LogP) is 1.63. The number of hydrogen-bond acceptors (Lipinski definition) is 5. The molecule has 1 N–H and O–H groups in total. The van der Waals surface area contributed by atoms with Crippen molar-refractivity contribution < 1.29 is 22.7 Å². The first-order chi connectivity index (χ1) is 8.29. The van der Waals surface area contributed by atoms with Crippen molar-refractivity contribution in [1.29, 1.82) is 0 Å². The Hall–Kier alpha value is -1.89. The molecule has 2 aromatic rings. The molecule has 2 rings (SSSR count). The highest BCUT2D eigenvalue weighted by atomic mass is 32.2. The second-order valence-electron chi connectivity index (χ2n) is 4.01. The van der Waals surface area contributed by atoms with Crippen molar-refractivity contribution in [3.63, 3.8) is 0 Å². The highest BCUT2D eigenvalue weighted by Crippen LogP contribution is 2.25. The van der Waals surface area contributed by atoms with Crippen molar-refractivity contribution in [3.8, 4) is 0 Å². The molecule has 96 valence electrons. The van der Waals surface area contributed by atoms with Crippen LogP contribution in [0.5, 0.6) is 0 Å². The first kappa shape index (κ1) is 12.6. The summed E-state index contributed by atoms with van der Waals surface area (Å²) in [5.41, 5.74) is 0.767. The summed E-state index contributed by atoms with van der Waals surface area (Å²) in [6, 6.07) is 4.20. The highest BCUT2D eigenvalue weighted by Gasteiger charge is 2.23. The van der Waals surface area contributed by atoms with E-state index in [-0.39, 0.29) is 17.0 Å². The topological polar surface area (TPSA) is 97.5 Å². The van der Waals surface area contributed by atoms with Crippen molar-refractivity contribution >= 4 is 26.9 Å². The maximum atomic E-state index is 11.4. The predicted molar refractivity (Wildman–Crippen MR) is 64.2 cm³/mol. The minimum absolute atomic E-state index is 0.0649. The van der Waals surface area contributed by atoms with Crippen LogP contribution in [0.25, 0.3) is 11.1 Å². The molecule has 0 aliphatic heterocycles. The molecule has 1 aromatic carbocycles. The number of aromatic nitrogens is 1. The molecule has 0 amide bonds. The number of aromatic carboxylic acids is 1. The molecule has 0 saturated carbocycles. The Kier molecular flexibility index (Phi) is 2.86. The normalized spacial score (nSPS) is 13.7. The Balaban J connectivity index is 2.54. The summed E-state index contributed by atoms with van der Waals surface area (Å²) in [7, 11) is -3.30. The summed E-state index contributed by atoms with van der Waals surface area (Å²) in [6.07, 6.45) is 1.09. The van der Waals surface area contributed by atoms with Crippen LogP contribution < -0.4 is 0 Å². The Morgan fingerprint density at radius 2 is 2.11 bits per heavy atom. The average molecular weight is 269 g/mol. The summed E-state index contributed by atoms with van der Waals surface area (Å²) in [6.45, 7) is 1.47. The van der Waals surface area contributed by atoms with Crippen molar-refractivity contribution in [2.75, 3.05) is 6.26 Å². The van der Waals surface area contributed by atoms with Gasteiger partial charge in [-0.1, -0.05) is 0 Å². The van der Waals surface area contributed by atoms with E-state index in [9.17, 15) is 13.2 Å². The number of benzene rings is 1. The minimum atomic E-state index is -3.30. The number of sulfone groups is 1. The minimum Gasteiger partial charge on any atom is -0.478 e. The molecule has 0 saturated heterocycles. The van der Waals surface area contributed by atoms with Gasteiger partial charge in [-0.2, -0.15) is 0 Å². The number of nitrogens with zero attached hydrogens (tertiary/aromatic N) is 1. The van der Waals surface area contributed by atoms with E-state index in [2.05, 4.69) is 4.98 Å². The molecule has 0 fully saturated rings. The van der Waals surface area contributed by atoms with Gasteiger partial charge >= 0.3 is 5.97 Å². The fourth-order valence-electron chi connectivity index (χ4n) is 1.43. The van der Waals surface area contributed by atoms with Crippen LogP contribution >= 0.6 is 0 Å². The number of rotatable bonds is 3. The summed E-state index contributed by atoms with van der Waals surface area (Å²) in [5.74, 6) is -1.01. The van der Waals surface area contributed by atoms with Gasteiger partial charge in [-0.05, 0) is 25.1 Å². The molecule has 0 radical (unpaired) electrons. The zero-order valence-electron chi connectivity index (χ0n) is 9.75. The van der Waals surface area contributed by atoms with Crippen LogP contribution in [0, 0.1) is 0 Å². The van der Waals surface area contributed by atoms with E-state index in [1.54, 1.807) is 0 Å². The Morgan fingerprint density at radius 1 is 1.44 bits per heavy atom. The van der Waals surface area contributed by atoms with E-state index in [1.165, 1.54) is 25.1 Å². The SMILES string of the molecule is CC(c1nc2ccc(C(=O)O)cc2o1)S(C)(=O)=O. The molecular formula is C11H11NO5S. The number of carbonyl (C=O) groups is 1. The van der Waals surface area contributed by atoms with Gasteiger partial charge in [0.1, 0.15) is 10.8 Å². The van der Waals surface area contributed by atoms with Crippen LogP contribution in [0.3, 0.4) is 0 Å². The van der Waals surface area contributed by atoms with E-state index >= 15 is 0 Å². The highest BCUT2D eigenvalue weighted by molar-refractivity contribution is 7.90. The van der Waals surface area contributed by atoms with Crippen molar-refractivity contribution in [3.05, 3.63) is 29.7 Å². The van der Waals surface area contributed by atoms with Gasteiger partial charge in [0.2, 0.25) is 5.89 Å². The van der Waals surface area contributed by atoms with Gasteiger partial charge in [0.25, 0.3) is 0 Å². The fraction of sp³-hybridized carbons (Fsp3) is 0.273. The standard InChI is InChI=1S/C11H11NO5S/c1-6(18(2,15)16)10-12-8-4-3-7(11(13)14)5-9(8)17-10/h3-6H,1-2H3,(H,13,14). The lowest BCUT2D eigenvalue weighted by Gasteiger charge is -2.02. The third-order valence-corrected chi connectivity index (χ3v) is 4.13. The molecule has 18 heavy (non-hydrogen) atoms. The van der Waals surface area contributed by atoms with Gasteiger partial charge in [-0.25, -0.2) is 18.2 Å². The molecule has 0 aliphatic carbocycles. The van der Waals surface area contributed by atoms with Crippen LogP contribution in [0.1, 0.15) is 28.4 Å². The average Bonchev–Trinajstić information content (AvgIpc) is 2.68. The second-order valence-corrected chi connectivity index (χ2v) is 6.38. The van der Waals surface area contributed by atoms with E-state index < -0.39 is 21.1 Å². The number of carboxylic acids is 1. The van der Waals surface area contributed by atoms with Gasteiger partial charge in [-0.15, -0.1) is 0 Å². The van der Waals surface area contributed by atoms with E-state index in [4.69, 9.17) is 9.52 Å². The Bertz CT molecular complexity index is 716. The zero-order chi connectivity index (χ0) is 13.5. The first-order valence-electron chi connectivity index (χ1n) is 5.11. The summed E-state index contributed by atoms with van der Waals surface area (Å²) in [5, 5.41) is 7.97. The second kappa shape index (κ2) is 4.09. The molecule has 1 heterocycles. The van der Waals surface area contributed by atoms with Crippen molar-refractivity contribution in [2.24, 2.45) is 0 Å². The third kappa shape index (κ3) is 2.21. The van der Waals surface area contributed by atoms with Crippen LogP contribution in [0.4, 0.5) is 0 Å². The Labute approximate surface area is 103 Å². The summed E-state index contributed by atoms with van der Waals surface area (Å²) >= 11 is 0. The lowest BCUT2D eigenvalue weighted by atomic mass is 10.2. The van der Waals surface area contributed by atoms with Crippen LogP contribution in [0.15, 0.2) is 22.6 Å². The van der Waals surface area contributed by atoms with Crippen LogP contribution in [-0.2, 0) is 9.84 Å². The lowest BCUT2D eigenvalue weighted by molar-refractivity contribution is 0.0697. The van der Waals surface area contributed by atoms with Crippen LogP contribution in [0.2, 0.25) is 0 Å². The molecule has 1 atom stereocenters. The largest absolute Gasteiger partial charge is 0.478 e. The number of fused-ring (bicyclic) bond motifs is 1. The molecule has 0 bridgehead atoms. The maximum Gasteiger partial charge on any atom is 0.335 e. The molecule has 6 nitrogen and oxygen atoms in total. The smallest absolute Gasteiger partial charge is 0.335 e. The number of hydrogen-bond donors (Lipinski definition) is 1. The maximum absolute atomic E-state index is 11.4. The number of carboxylic acid groups (broad SMARTS) is 1. The quantitative estimate of drug-likeness (QED) is 0.909. The molecule has 1 aromatic heterocycles. The Morgan fingerprint density at radius 3 is 2.67 bits per heavy atom. The van der Waals surface area contributed by atoms with Gasteiger partial charge in [0, 0.05) is 6.26 Å². The van der Waals surface area contributed by atoms with Gasteiger partial charge in [0.15, 0.2) is 15.4 Å². The van der Waals surface area contributed by atoms with Gasteiger partial charge in [-0.3, -0.25) is 0 Å². The lowest BCUT2D eigenvalue weighted by Crippen LogP contribution is -2.07. The van der Waals surface area contributed by atoms with Crippen LogP contribution in [-0.4, -0.2) is 30.7 Å². The van der Waals surface area contributed by atoms with E-state index in [0.29, 0.717) is 5.52 Å².